The number of ether oxygens (including phenoxy) is 1. The molecule has 0 bridgehead atoms. The summed E-state index contributed by atoms with van der Waals surface area (Å²) < 4.78 is 7.71. The van der Waals surface area contributed by atoms with Gasteiger partial charge in [-0.15, -0.1) is 0 Å². The van der Waals surface area contributed by atoms with Crippen LogP contribution in [0.1, 0.15) is 37.6 Å². The van der Waals surface area contributed by atoms with Gasteiger partial charge in [-0.25, -0.2) is 4.98 Å². The van der Waals surface area contributed by atoms with Gasteiger partial charge in [-0.05, 0) is 58.7 Å². The highest BCUT2D eigenvalue weighted by Gasteiger charge is 2.22. The lowest BCUT2D eigenvalue weighted by Gasteiger charge is -2.14. The van der Waals surface area contributed by atoms with Crippen LogP contribution in [0, 0.1) is 10.1 Å². The molecular weight excluding hydrogens is 634 g/mol. The number of nitrogens with one attached hydrogen (secondary N) is 1. The topological polar surface area (TPSA) is 129 Å². The average Bonchev–Trinajstić information content (AvgIpc) is 2.91. The number of anilines is 1. The number of rotatable bonds is 9. The third-order valence-electron chi connectivity index (χ3n) is 5.86. The fourth-order valence-corrected chi connectivity index (χ4v) is 4.66. The highest BCUT2D eigenvalue weighted by atomic mass is 79.9. The molecule has 0 aliphatic rings. The summed E-state index contributed by atoms with van der Waals surface area (Å²) >= 11 is 6.69. The summed E-state index contributed by atoms with van der Waals surface area (Å²) in [6.45, 7) is 3.49. The molecule has 1 amide bonds. The second-order valence-electron chi connectivity index (χ2n) is 8.61. The Bertz CT molecular complexity index is 1640. The molecule has 0 unspecified atom stereocenters. The van der Waals surface area contributed by atoms with Gasteiger partial charge in [0.05, 0.1) is 26.5 Å². The lowest BCUT2D eigenvalue weighted by atomic mass is 10.1. The maximum absolute atomic E-state index is 13.3. The molecule has 0 saturated carbocycles. The number of fused-ring (bicyclic) bond motifs is 1. The average molecular weight is 657 g/mol. The molecule has 0 aliphatic carbocycles. The van der Waals surface area contributed by atoms with Crippen molar-refractivity contribution in [3.05, 3.63) is 101 Å². The van der Waals surface area contributed by atoms with Crippen LogP contribution >= 0.6 is 31.9 Å². The molecule has 12 heteroatoms. The largest absolute Gasteiger partial charge is 0.476 e. The second-order valence-corrected chi connectivity index (χ2v) is 10.4. The lowest BCUT2D eigenvalue weighted by molar-refractivity contribution is -0.385. The van der Waals surface area contributed by atoms with Crippen LogP contribution in [0.15, 0.2) is 79.5 Å². The quantitative estimate of drug-likeness (QED) is 0.129. The van der Waals surface area contributed by atoms with Crippen LogP contribution in [0.4, 0.5) is 11.4 Å². The first-order valence-corrected chi connectivity index (χ1v) is 13.5. The molecular formula is C27H23Br2N5O5. The molecule has 1 aromatic heterocycles. The predicted molar refractivity (Wildman–Crippen MR) is 157 cm³/mol. The van der Waals surface area contributed by atoms with Gasteiger partial charge in [0.25, 0.3) is 11.5 Å². The van der Waals surface area contributed by atoms with Crippen LogP contribution in [0.25, 0.3) is 10.9 Å². The molecule has 10 nitrogen and oxygen atoms in total. The SMILES string of the molecule is CC[C@@H](C)c1nc2ccc(Br)cc2c(=O)n1N=Cc1cc(Br)c(OCC(=O)Nc2ccccc2)c([N+](=O)[O-])c1. The van der Waals surface area contributed by atoms with Gasteiger partial charge >= 0.3 is 5.69 Å². The van der Waals surface area contributed by atoms with Gasteiger partial charge in [0.15, 0.2) is 6.61 Å². The number of para-hydroxylation sites is 1. The monoisotopic (exact) mass is 655 g/mol. The van der Waals surface area contributed by atoms with Gasteiger partial charge < -0.3 is 10.1 Å². The van der Waals surface area contributed by atoms with E-state index in [1.165, 1.54) is 17.0 Å². The molecule has 1 N–H and O–H groups in total. The number of amides is 1. The molecule has 0 fully saturated rings. The summed E-state index contributed by atoms with van der Waals surface area (Å²) in [6, 6.07) is 16.9. The Morgan fingerprint density at radius 2 is 1.95 bits per heavy atom. The zero-order valence-electron chi connectivity index (χ0n) is 20.9. The third-order valence-corrected chi connectivity index (χ3v) is 6.94. The Hall–Kier alpha value is -3.90. The van der Waals surface area contributed by atoms with Crippen molar-refractivity contribution in [3.63, 3.8) is 0 Å². The van der Waals surface area contributed by atoms with E-state index >= 15 is 0 Å². The van der Waals surface area contributed by atoms with Crippen molar-refractivity contribution in [3.8, 4) is 5.75 Å². The summed E-state index contributed by atoms with van der Waals surface area (Å²) in [6.07, 6.45) is 2.08. The molecule has 0 aliphatic heterocycles. The molecule has 3 aromatic carbocycles. The van der Waals surface area contributed by atoms with Crippen molar-refractivity contribution in [1.29, 1.82) is 0 Å². The maximum Gasteiger partial charge on any atom is 0.312 e. The molecule has 4 rings (SSSR count). The van der Waals surface area contributed by atoms with E-state index in [0.717, 1.165) is 10.9 Å². The van der Waals surface area contributed by atoms with Crippen molar-refractivity contribution in [1.82, 2.24) is 9.66 Å². The molecule has 200 valence electrons. The van der Waals surface area contributed by atoms with Crippen LogP contribution < -0.4 is 15.6 Å². The molecule has 39 heavy (non-hydrogen) atoms. The summed E-state index contributed by atoms with van der Waals surface area (Å²) in [5.41, 5.74) is 0.750. The number of nitro benzene ring substituents is 1. The highest BCUT2D eigenvalue weighted by Crippen LogP contribution is 2.36. The van der Waals surface area contributed by atoms with E-state index in [2.05, 4.69) is 47.3 Å². The normalized spacial score (nSPS) is 12.0. The van der Waals surface area contributed by atoms with Crippen LogP contribution in [-0.4, -0.2) is 33.3 Å². The van der Waals surface area contributed by atoms with Gasteiger partial charge in [0.1, 0.15) is 5.82 Å². The van der Waals surface area contributed by atoms with E-state index in [-0.39, 0.29) is 27.4 Å². The Labute approximate surface area is 240 Å². The fourth-order valence-electron chi connectivity index (χ4n) is 3.71. The number of carbonyl (C=O) groups excluding carboxylic acids is 1. The summed E-state index contributed by atoms with van der Waals surface area (Å²) in [4.78, 5) is 41.5. The molecule has 0 saturated heterocycles. The van der Waals surface area contributed by atoms with E-state index < -0.39 is 17.4 Å². The zero-order chi connectivity index (χ0) is 28.1. The number of hydrogen-bond acceptors (Lipinski definition) is 7. The van der Waals surface area contributed by atoms with Crippen LogP contribution in [0.5, 0.6) is 5.75 Å². The van der Waals surface area contributed by atoms with Crippen molar-refractivity contribution in [2.45, 2.75) is 26.2 Å². The fraction of sp³-hybridized carbons (Fsp3) is 0.185. The molecule has 1 heterocycles. The van der Waals surface area contributed by atoms with Gasteiger partial charge in [-0.2, -0.15) is 9.78 Å². The van der Waals surface area contributed by atoms with Crippen molar-refractivity contribution >= 4 is 66.3 Å². The first-order chi connectivity index (χ1) is 18.7. The van der Waals surface area contributed by atoms with E-state index in [1.807, 2.05) is 26.0 Å². The van der Waals surface area contributed by atoms with Crippen molar-refractivity contribution < 1.29 is 14.5 Å². The number of benzene rings is 3. The van der Waals surface area contributed by atoms with Crippen LogP contribution in [0.2, 0.25) is 0 Å². The number of aromatic nitrogens is 2. The smallest absolute Gasteiger partial charge is 0.312 e. The first kappa shape index (κ1) is 28.1. The highest BCUT2D eigenvalue weighted by molar-refractivity contribution is 9.10. The lowest BCUT2D eigenvalue weighted by Crippen LogP contribution is -2.23. The Balaban J connectivity index is 1.66. The number of hydrogen-bond donors (Lipinski definition) is 1. The van der Waals surface area contributed by atoms with E-state index in [0.29, 0.717) is 28.0 Å². The number of nitro groups is 1. The maximum atomic E-state index is 13.3. The van der Waals surface area contributed by atoms with Gasteiger partial charge in [-0.3, -0.25) is 19.7 Å². The van der Waals surface area contributed by atoms with Crippen LogP contribution in [0.3, 0.4) is 0 Å². The number of halogens is 2. The minimum absolute atomic E-state index is 0.0678. The zero-order valence-corrected chi connectivity index (χ0v) is 24.1. The van der Waals surface area contributed by atoms with Gasteiger partial charge in [0.2, 0.25) is 5.75 Å². The summed E-state index contributed by atoms with van der Waals surface area (Å²) in [5.74, 6) is -0.163. The summed E-state index contributed by atoms with van der Waals surface area (Å²) in [7, 11) is 0. The third kappa shape index (κ3) is 6.58. The Morgan fingerprint density at radius 3 is 2.64 bits per heavy atom. The first-order valence-electron chi connectivity index (χ1n) is 11.9. The van der Waals surface area contributed by atoms with E-state index in [4.69, 9.17) is 4.74 Å². The van der Waals surface area contributed by atoms with E-state index in [1.54, 1.807) is 42.5 Å². The molecule has 4 aromatic rings. The Morgan fingerprint density at radius 1 is 1.21 bits per heavy atom. The minimum atomic E-state index is -0.613. The minimum Gasteiger partial charge on any atom is -0.476 e. The van der Waals surface area contributed by atoms with Crippen LogP contribution in [-0.2, 0) is 4.79 Å². The molecule has 0 spiro atoms. The second kappa shape index (κ2) is 12.3. The van der Waals surface area contributed by atoms with Gasteiger partial charge in [-0.1, -0.05) is 48.0 Å². The summed E-state index contributed by atoms with van der Waals surface area (Å²) in [5, 5.41) is 19.3. The molecule has 0 radical (unpaired) electrons. The standard InChI is InChI=1S/C27H23Br2N5O5/c1-3-16(2)26-32-22-10-9-18(28)13-20(22)27(36)33(26)30-14-17-11-21(29)25(23(12-17)34(37)38)39-15-24(35)31-19-7-5-4-6-8-19/h4-14,16H,3,15H2,1-2H3,(H,31,35)/t16-/m1/s1. The van der Waals surface area contributed by atoms with Crippen molar-refractivity contribution in [2.24, 2.45) is 5.10 Å². The molecule has 1 atom stereocenters. The Kier molecular flexibility index (Phi) is 8.87. The number of nitrogens with zero attached hydrogens (tertiary/aromatic N) is 4. The number of carbonyl (C=O) groups is 1. The predicted octanol–water partition coefficient (Wildman–Crippen LogP) is 6.24. The van der Waals surface area contributed by atoms with Gasteiger partial charge in [0, 0.05) is 27.7 Å². The van der Waals surface area contributed by atoms with E-state index in [9.17, 15) is 19.7 Å². The van der Waals surface area contributed by atoms with Crippen molar-refractivity contribution in [2.75, 3.05) is 11.9 Å².